The molecule has 0 aliphatic carbocycles. The van der Waals surface area contributed by atoms with Crippen LogP contribution < -0.4 is 0 Å². The van der Waals surface area contributed by atoms with Crippen molar-refractivity contribution in [1.82, 2.24) is 9.88 Å². The first-order valence-electron chi connectivity index (χ1n) is 6.04. The number of nitrogens with zero attached hydrogens (tertiary/aromatic N) is 2. The van der Waals surface area contributed by atoms with Gasteiger partial charge in [-0.1, -0.05) is 24.4 Å². The Hall–Kier alpha value is -2.45. The van der Waals surface area contributed by atoms with Crippen LogP contribution in [0.25, 0.3) is 0 Å². The van der Waals surface area contributed by atoms with E-state index in [1.54, 1.807) is 42.4 Å². The van der Waals surface area contributed by atoms with Crippen LogP contribution in [0.2, 0.25) is 0 Å². The number of pyridine rings is 1. The molecule has 0 atom stereocenters. The monoisotopic (exact) mass is 283 g/mol. The molecule has 1 aromatic carbocycles. The van der Waals surface area contributed by atoms with Gasteiger partial charge in [-0.2, -0.15) is 5.26 Å². The fourth-order valence-corrected chi connectivity index (χ4v) is 2.05. The van der Waals surface area contributed by atoms with Crippen molar-refractivity contribution in [2.24, 2.45) is 0 Å². The van der Waals surface area contributed by atoms with E-state index in [1.807, 2.05) is 12.1 Å². The summed E-state index contributed by atoms with van der Waals surface area (Å²) in [5, 5.41) is 8.75. The molecule has 100 valence electrons. The Labute approximate surface area is 122 Å². The molecule has 4 nitrogen and oxygen atoms in total. The number of nitriles is 1. The Morgan fingerprint density at radius 2 is 2.05 bits per heavy atom. The maximum absolute atomic E-state index is 12.3. The maximum atomic E-state index is 12.3. The molecule has 0 unspecified atom stereocenters. The number of aromatic nitrogens is 1. The Bertz CT molecular complexity index is 713. The molecule has 2 aromatic rings. The third-order valence-corrected chi connectivity index (χ3v) is 3.24. The second kappa shape index (κ2) is 6.13. The van der Waals surface area contributed by atoms with Gasteiger partial charge in [0.05, 0.1) is 17.2 Å². The van der Waals surface area contributed by atoms with Gasteiger partial charge in [-0.25, -0.2) is 0 Å². The molecule has 0 fully saturated rings. The molecule has 0 saturated heterocycles. The Morgan fingerprint density at radius 1 is 1.35 bits per heavy atom. The number of amides is 1. The van der Waals surface area contributed by atoms with Crippen molar-refractivity contribution < 1.29 is 4.79 Å². The van der Waals surface area contributed by atoms with Gasteiger partial charge in [-0.3, -0.25) is 4.79 Å². The summed E-state index contributed by atoms with van der Waals surface area (Å²) in [6, 6.07) is 12.7. The fraction of sp³-hybridized carbons (Fsp3) is 0.133. The van der Waals surface area contributed by atoms with Crippen molar-refractivity contribution in [1.29, 1.82) is 5.26 Å². The highest BCUT2D eigenvalue weighted by Gasteiger charge is 2.13. The summed E-state index contributed by atoms with van der Waals surface area (Å²) in [7, 11) is 1.72. The van der Waals surface area contributed by atoms with E-state index in [0.717, 1.165) is 5.56 Å². The van der Waals surface area contributed by atoms with Crippen LogP contribution in [0.5, 0.6) is 0 Å². The molecule has 5 heteroatoms. The number of rotatable bonds is 3. The number of carbonyl (C=O) groups is 1. The lowest BCUT2D eigenvalue weighted by Gasteiger charge is -2.17. The standard InChI is InChI=1S/C15H13N3OS/c1-18(10-12-6-4-11(9-16)5-7-12)15(19)13-3-2-8-17-14(13)20/h2-8H,10H2,1H3,(H,17,20). The largest absolute Gasteiger partial charge is 0.352 e. The number of H-pyrrole nitrogens is 1. The molecule has 1 aromatic heterocycles. The van der Waals surface area contributed by atoms with Crippen LogP contribution in [0.3, 0.4) is 0 Å². The molecule has 0 aliphatic rings. The first-order chi connectivity index (χ1) is 9.61. The van der Waals surface area contributed by atoms with E-state index in [-0.39, 0.29) is 5.91 Å². The normalized spacial score (nSPS) is 9.80. The average molecular weight is 283 g/mol. The highest BCUT2D eigenvalue weighted by molar-refractivity contribution is 7.71. The summed E-state index contributed by atoms with van der Waals surface area (Å²) in [5.74, 6) is -0.129. The van der Waals surface area contributed by atoms with Gasteiger partial charge in [0.25, 0.3) is 5.91 Å². The fourth-order valence-electron chi connectivity index (χ4n) is 1.83. The summed E-state index contributed by atoms with van der Waals surface area (Å²) >= 11 is 5.11. The molecule has 0 bridgehead atoms. The van der Waals surface area contributed by atoms with E-state index >= 15 is 0 Å². The number of nitrogens with one attached hydrogen (secondary N) is 1. The lowest BCUT2D eigenvalue weighted by molar-refractivity contribution is 0.0784. The molecular formula is C15H13N3OS. The molecule has 2 rings (SSSR count). The average Bonchev–Trinajstić information content (AvgIpc) is 2.48. The van der Waals surface area contributed by atoms with E-state index in [4.69, 9.17) is 17.5 Å². The van der Waals surface area contributed by atoms with Crippen LogP contribution in [-0.2, 0) is 6.54 Å². The first-order valence-corrected chi connectivity index (χ1v) is 6.45. The van der Waals surface area contributed by atoms with E-state index in [0.29, 0.717) is 22.3 Å². The lowest BCUT2D eigenvalue weighted by Crippen LogP contribution is -2.26. The van der Waals surface area contributed by atoms with Gasteiger partial charge in [0.15, 0.2) is 0 Å². The molecule has 1 amide bonds. The minimum atomic E-state index is -0.129. The van der Waals surface area contributed by atoms with E-state index in [1.165, 1.54) is 0 Å². The van der Waals surface area contributed by atoms with Gasteiger partial charge >= 0.3 is 0 Å². The smallest absolute Gasteiger partial charge is 0.256 e. The third-order valence-electron chi connectivity index (χ3n) is 2.90. The summed E-state index contributed by atoms with van der Waals surface area (Å²) in [5.41, 5.74) is 2.05. The maximum Gasteiger partial charge on any atom is 0.256 e. The second-order valence-electron chi connectivity index (χ2n) is 4.38. The Kier molecular flexibility index (Phi) is 4.28. The van der Waals surface area contributed by atoms with Gasteiger partial charge in [-0.05, 0) is 29.8 Å². The van der Waals surface area contributed by atoms with Crippen LogP contribution in [0.15, 0.2) is 42.6 Å². The molecule has 0 saturated carbocycles. The minimum Gasteiger partial charge on any atom is -0.352 e. The zero-order chi connectivity index (χ0) is 14.5. The number of aromatic amines is 1. The van der Waals surface area contributed by atoms with Crippen molar-refractivity contribution >= 4 is 18.1 Å². The summed E-state index contributed by atoms with van der Waals surface area (Å²) in [6.45, 7) is 0.466. The predicted octanol–water partition coefficient (Wildman–Crippen LogP) is 2.89. The number of carbonyl (C=O) groups excluding carboxylic acids is 1. The second-order valence-corrected chi connectivity index (χ2v) is 4.79. The molecule has 0 spiro atoms. The zero-order valence-corrected chi connectivity index (χ0v) is 11.8. The zero-order valence-electron chi connectivity index (χ0n) is 11.0. The minimum absolute atomic E-state index is 0.129. The van der Waals surface area contributed by atoms with Crippen molar-refractivity contribution in [3.05, 3.63) is 63.9 Å². The molecule has 0 aliphatic heterocycles. The Balaban J connectivity index is 2.14. The first kappa shape index (κ1) is 14.0. The van der Waals surface area contributed by atoms with Crippen LogP contribution in [0, 0.1) is 16.0 Å². The Morgan fingerprint density at radius 3 is 2.65 bits per heavy atom. The quantitative estimate of drug-likeness (QED) is 0.881. The van der Waals surface area contributed by atoms with Crippen LogP contribution in [-0.4, -0.2) is 22.8 Å². The van der Waals surface area contributed by atoms with Crippen LogP contribution in [0.4, 0.5) is 0 Å². The third kappa shape index (κ3) is 3.11. The van der Waals surface area contributed by atoms with E-state index in [2.05, 4.69) is 11.1 Å². The van der Waals surface area contributed by atoms with Crippen molar-refractivity contribution in [2.75, 3.05) is 7.05 Å². The van der Waals surface area contributed by atoms with Crippen LogP contribution >= 0.6 is 12.2 Å². The topological polar surface area (TPSA) is 59.9 Å². The highest BCUT2D eigenvalue weighted by atomic mass is 32.1. The van der Waals surface area contributed by atoms with Gasteiger partial charge in [0, 0.05) is 19.8 Å². The number of hydrogen-bond acceptors (Lipinski definition) is 3. The summed E-state index contributed by atoms with van der Waals surface area (Å²) < 4.78 is 0.434. The van der Waals surface area contributed by atoms with Crippen molar-refractivity contribution in [3.63, 3.8) is 0 Å². The van der Waals surface area contributed by atoms with E-state index < -0.39 is 0 Å². The van der Waals surface area contributed by atoms with Gasteiger partial charge < -0.3 is 9.88 Å². The van der Waals surface area contributed by atoms with Crippen LogP contribution in [0.1, 0.15) is 21.5 Å². The van der Waals surface area contributed by atoms with Gasteiger partial charge in [0.2, 0.25) is 0 Å². The molecule has 1 heterocycles. The van der Waals surface area contributed by atoms with E-state index in [9.17, 15) is 4.79 Å². The summed E-state index contributed by atoms with van der Waals surface area (Å²) in [4.78, 5) is 16.7. The highest BCUT2D eigenvalue weighted by Crippen LogP contribution is 2.10. The molecule has 1 N–H and O–H groups in total. The van der Waals surface area contributed by atoms with Gasteiger partial charge in [-0.15, -0.1) is 0 Å². The van der Waals surface area contributed by atoms with Gasteiger partial charge in [0.1, 0.15) is 4.64 Å². The summed E-state index contributed by atoms with van der Waals surface area (Å²) in [6.07, 6.45) is 1.69. The molecular weight excluding hydrogens is 270 g/mol. The molecule has 20 heavy (non-hydrogen) atoms. The molecule has 0 radical (unpaired) electrons. The number of hydrogen-bond donors (Lipinski definition) is 1. The number of benzene rings is 1. The SMILES string of the molecule is CN(Cc1ccc(C#N)cc1)C(=O)c1ccc[nH]c1=S. The van der Waals surface area contributed by atoms with Crippen molar-refractivity contribution in [2.45, 2.75) is 6.54 Å². The van der Waals surface area contributed by atoms with Crippen molar-refractivity contribution in [3.8, 4) is 6.07 Å². The predicted molar refractivity (Wildman–Crippen MR) is 78.6 cm³/mol. The lowest BCUT2D eigenvalue weighted by atomic mass is 10.1.